The van der Waals surface area contributed by atoms with E-state index in [0.29, 0.717) is 6.54 Å². The minimum absolute atomic E-state index is 0.00561. The maximum absolute atomic E-state index is 12.8. The van der Waals surface area contributed by atoms with E-state index in [-0.39, 0.29) is 29.1 Å². The zero-order valence-corrected chi connectivity index (χ0v) is 15.4. The van der Waals surface area contributed by atoms with Crippen LogP contribution < -0.4 is 16.4 Å². The number of urea groups is 1. The molecule has 1 heterocycles. The predicted octanol–water partition coefficient (Wildman–Crippen LogP) is 1.15. The number of hydrogen-bond donors (Lipinski definition) is 3. The van der Waals surface area contributed by atoms with Crippen molar-refractivity contribution in [2.75, 3.05) is 19.3 Å². The third kappa shape index (κ3) is 3.23. The monoisotopic (exact) mass is 342 g/mol. The van der Waals surface area contributed by atoms with Gasteiger partial charge in [-0.15, -0.1) is 0 Å². The molecule has 1 saturated heterocycles. The van der Waals surface area contributed by atoms with Crippen molar-refractivity contribution in [3.05, 3.63) is 0 Å². The summed E-state index contributed by atoms with van der Waals surface area (Å²) in [6.45, 7) is 7.71. The van der Waals surface area contributed by atoms with Crippen molar-refractivity contribution >= 4 is 23.6 Å². The van der Waals surface area contributed by atoms with Crippen LogP contribution in [-0.2, 0) is 4.79 Å². The largest absolute Gasteiger partial charge is 0.322 e. The lowest BCUT2D eigenvalue weighted by molar-refractivity contribution is -0.113. The third-order valence-corrected chi connectivity index (χ3v) is 6.33. The van der Waals surface area contributed by atoms with Crippen LogP contribution in [0.25, 0.3) is 0 Å². The number of nitrogens with one attached hydrogen (secondary N) is 2. The summed E-state index contributed by atoms with van der Waals surface area (Å²) < 4.78 is 0. The van der Waals surface area contributed by atoms with Crippen LogP contribution in [0.5, 0.6) is 0 Å². The summed E-state index contributed by atoms with van der Waals surface area (Å²) in [7, 11) is 0. The lowest BCUT2D eigenvalue weighted by Gasteiger charge is -2.31. The molecule has 132 valence electrons. The van der Waals surface area contributed by atoms with E-state index in [1.54, 1.807) is 16.7 Å². The number of carbonyl (C=O) groups is 2. The van der Waals surface area contributed by atoms with Gasteiger partial charge in [0.25, 0.3) is 0 Å². The van der Waals surface area contributed by atoms with E-state index in [0.717, 1.165) is 25.8 Å². The lowest BCUT2D eigenvalue weighted by Crippen LogP contribution is -2.57. The number of ketones is 1. The highest BCUT2D eigenvalue weighted by molar-refractivity contribution is 7.99. The van der Waals surface area contributed by atoms with Crippen molar-refractivity contribution in [2.45, 2.75) is 63.0 Å². The zero-order chi connectivity index (χ0) is 17.2. The minimum atomic E-state index is -0.749. The highest BCUT2D eigenvalue weighted by Crippen LogP contribution is 2.48. The Hall–Kier alpha value is -0.790. The molecule has 1 aliphatic carbocycles. The Morgan fingerprint density at radius 1 is 1.57 bits per heavy atom. The van der Waals surface area contributed by atoms with Crippen molar-refractivity contribution in [1.29, 1.82) is 0 Å². The zero-order valence-electron chi connectivity index (χ0n) is 14.6. The Balaban J connectivity index is 2.02. The molecule has 0 aromatic rings. The van der Waals surface area contributed by atoms with Gasteiger partial charge in [0.15, 0.2) is 5.78 Å². The van der Waals surface area contributed by atoms with E-state index in [2.05, 4.69) is 24.5 Å². The van der Waals surface area contributed by atoms with E-state index < -0.39 is 11.6 Å². The number of hydrogen-bond acceptors (Lipinski definition) is 5. The first-order valence-electron chi connectivity index (χ1n) is 8.55. The molecule has 0 radical (unpaired) electrons. The van der Waals surface area contributed by atoms with Crippen molar-refractivity contribution in [3.63, 3.8) is 0 Å². The maximum atomic E-state index is 12.8. The third-order valence-electron chi connectivity index (χ3n) is 5.31. The van der Waals surface area contributed by atoms with Gasteiger partial charge in [-0.25, -0.2) is 4.79 Å². The van der Waals surface area contributed by atoms with Crippen LogP contribution >= 0.6 is 11.8 Å². The number of rotatable bonds is 7. The molecule has 6 nitrogen and oxygen atoms in total. The molecule has 1 aliphatic heterocycles. The van der Waals surface area contributed by atoms with Gasteiger partial charge >= 0.3 is 6.03 Å². The number of likely N-dealkylation sites (tertiary alicyclic amines) is 1. The molecule has 7 heteroatoms. The van der Waals surface area contributed by atoms with Crippen molar-refractivity contribution in [2.24, 2.45) is 11.7 Å². The Kier molecular flexibility index (Phi) is 5.97. The number of amides is 2. The summed E-state index contributed by atoms with van der Waals surface area (Å²) in [5.41, 5.74) is 5.20. The summed E-state index contributed by atoms with van der Waals surface area (Å²) in [4.78, 5) is 26.5. The van der Waals surface area contributed by atoms with Gasteiger partial charge in [-0.2, -0.15) is 11.8 Å². The number of Topliss-reactive ketones (excluding diaryl/α,β-unsaturated/α-hetero) is 1. The highest BCUT2D eigenvalue weighted by Gasteiger charge is 2.72. The second-order valence-electron chi connectivity index (χ2n) is 6.68. The molecule has 0 aromatic carbocycles. The summed E-state index contributed by atoms with van der Waals surface area (Å²) in [6, 6.07) is -0.694. The van der Waals surface area contributed by atoms with Gasteiger partial charge in [-0.1, -0.05) is 20.3 Å². The number of carbonyl (C=O) groups excluding carboxylic acids is 2. The molecule has 2 fully saturated rings. The average molecular weight is 343 g/mol. The molecule has 1 saturated carbocycles. The first kappa shape index (κ1) is 18.5. The van der Waals surface area contributed by atoms with Gasteiger partial charge in [0.05, 0.1) is 12.2 Å². The van der Waals surface area contributed by atoms with Gasteiger partial charge in [-0.05, 0) is 38.5 Å². The summed E-state index contributed by atoms with van der Waals surface area (Å²) in [6.07, 6.45) is 4.94. The van der Waals surface area contributed by atoms with Crippen LogP contribution in [0.1, 0.15) is 40.0 Å². The summed E-state index contributed by atoms with van der Waals surface area (Å²) in [5, 5.41) is 6.73. The van der Waals surface area contributed by atoms with Crippen LogP contribution in [0.4, 0.5) is 4.79 Å². The normalized spacial score (nSPS) is 32.2. The second kappa shape index (κ2) is 7.40. The van der Waals surface area contributed by atoms with Crippen LogP contribution in [0, 0.1) is 5.92 Å². The van der Waals surface area contributed by atoms with E-state index in [1.807, 2.05) is 13.2 Å². The second-order valence-corrected chi connectivity index (χ2v) is 7.90. The Morgan fingerprint density at radius 2 is 2.22 bits per heavy atom. The molecule has 23 heavy (non-hydrogen) atoms. The summed E-state index contributed by atoms with van der Waals surface area (Å²) in [5.74, 6) is 0.145. The van der Waals surface area contributed by atoms with Crippen molar-refractivity contribution in [3.8, 4) is 0 Å². The number of unbranched alkanes of at least 4 members (excludes halogenated alkanes) is 1. The first-order valence-corrected chi connectivity index (χ1v) is 9.84. The number of nitrogens with zero attached hydrogens (tertiary/aromatic N) is 1. The van der Waals surface area contributed by atoms with Gasteiger partial charge in [0.1, 0.15) is 5.54 Å². The van der Waals surface area contributed by atoms with Crippen LogP contribution in [-0.4, -0.2) is 59.1 Å². The maximum Gasteiger partial charge on any atom is 0.319 e. The topological polar surface area (TPSA) is 87.5 Å². The Morgan fingerprint density at radius 3 is 2.74 bits per heavy atom. The predicted molar refractivity (Wildman–Crippen MR) is 94.4 cm³/mol. The van der Waals surface area contributed by atoms with Gasteiger partial charge in [-0.3, -0.25) is 10.1 Å². The van der Waals surface area contributed by atoms with Crippen LogP contribution in [0.2, 0.25) is 0 Å². The molecule has 4 N–H and O–H groups in total. The standard InChI is InChI=1S/C16H30N4O2S/c1-5-6-8-18-14(11(3)23-4)19-15(22)20-9-7-10(2)16(20)12(17)13(16)21/h10-12,14,18H,5-9,17H2,1-4H3,(H,19,22)/t10-,11-,12?,14+,16?/m0/s1. The van der Waals surface area contributed by atoms with Crippen LogP contribution in [0.3, 0.4) is 0 Å². The lowest BCUT2D eigenvalue weighted by atomic mass is 10.00. The highest BCUT2D eigenvalue weighted by atomic mass is 32.2. The number of nitrogens with two attached hydrogens (primary N) is 1. The van der Waals surface area contributed by atoms with E-state index in [9.17, 15) is 9.59 Å². The van der Waals surface area contributed by atoms with Gasteiger partial charge in [0.2, 0.25) is 0 Å². The molecule has 0 bridgehead atoms. The fourth-order valence-corrected chi connectivity index (χ4v) is 4.00. The average Bonchev–Trinajstić information content (AvgIpc) is 2.91. The quantitative estimate of drug-likeness (QED) is 0.477. The molecule has 2 amide bonds. The number of thioether (sulfide) groups is 1. The molecule has 2 unspecified atom stereocenters. The molecule has 5 atom stereocenters. The fraction of sp³-hybridized carbons (Fsp3) is 0.875. The van der Waals surface area contributed by atoms with Crippen molar-refractivity contribution < 1.29 is 9.59 Å². The molecule has 2 rings (SSSR count). The van der Waals surface area contributed by atoms with E-state index in [4.69, 9.17) is 5.73 Å². The van der Waals surface area contributed by atoms with Crippen LogP contribution in [0.15, 0.2) is 0 Å². The molecule has 1 spiro atoms. The van der Waals surface area contributed by atoms with Crippen molar-refractivity contribution in [1.82, 2.24) is 15.5 Å². The molecule has 0 aromatic heterocycles. The Bertz CT molecular complexity index is 461. The van der Waals surface area contributed by atoms with E-state index in [1.165, 1.54) is 0 Å². The SMILES string of the molecule is CCCCN[C@H](NC(=O)N1CC[C@H](C)C12C(=O)C2N)[C@H](C)SC. The molecular formula is C16H30N4O2S. The summed E-state index contributed by atoms with van der Waals surface area (Å²) >= 11 is 1.71. The van der Waals surface area contributed by atoms with Gasteiger partial charge < -0.3 is 16.0 Å². The molecular weight excluding hydrogens is 312 g/mol. The van der Waals surface area contributed by atoms with Gasteiger partial charge in [0, 0.05) is 11.8 Å². The Labute approximate surface area is 143 Å². The minimum Gasteiger partial charge on any atom is -0.322 e. The fourth-order valence-electron chi connectivity index (χ4n) is 3.56. The molecule has 2 aliphatic rings. The first-order chi connectivity index (χ1) is 10.9. The smallest absolute Gasteiger partial charge is 0.319 e. The van der Waals surface area contributed by atoms with E-state index >= 15 is 0 Å².